The summed E-state index contributed by atoms with van der Waals surface area (Å²) >= 11 is 3.17. The van der Waals surface area contributed by atoms with E-state index in [2.05, 4.69) is 21.2 Å². The number of rotatable bonds is 3. The first-order valence-corrected chi connectivity index (χ1v) is 8.73. The molecular weight excluding hydrogens is 394 g/mol. The zero-order chi connectivity index (χ0) is 18.8. The quantitative estimate of drug-likeness (QED) is 0.580. The number of hydrogen-bond donors (Lipinski definition) is 2. The summed E-state index contributed by atoms with van der Waals surface area (Å²) < 4.78 is 5.67. The molecule has 1 aliphatic rings. The van der Waals surface area contributed by atoms with E-state index in [0.29, 0.717) is 23.1 Å². The second kappa shape index (κ2) is 7.57. The number of aliphatic hydroxyl groups excluding tert-OH is 1. The summed E-state index contributed by atoms with van der Waals surface area (Å²) in [7, 11) is 0. The van der Waals surface area contributed by atoms with Crippen molar-refractivity contribution in [3.8, 4) is 0 Å². The van der Waals surface area contributed by atoms with Gasteiger partial charge in [0.25, 0.3) is 0 Å². The van der Waals surface area contributed by atoms with Crippen molar-refractivity contribution in [2.24, 2.45) is 0 Å². The average Bonchev–Trinajstić information content (AvgIpc) is 2.47. The summed E-state index contributed by atoms with van der Waals surface area (Å²) in [5.74, 6) is 0. The predicted octanol–water partition coefficient (Wildman–Crippen LogP) is 3.14. The summed E-state index contributed by atoms with van der Waals surface area (Å²) in [6.45, 7) is 5.84. The number of anilines is 1. The number of halogens is 1. The minimum absolute atomic E-state index is 0.0794. The van der Waals surface area contributed by atoms with Gasteiger partial charge in [-0.25, -0.2) is 4.79 Å². The molecule has 0 aromatic heterocycles. The van der Waals surface area contributed by atoms with Gasteiger partial charge in [0.2, 0.25) is 0 Å². The largest absolute Gasteiger partial charge is 0.444 e. The number of nitrogens with zero attached hydrogens (tertiary/aromatic N) is 2. The Morgan fingerprint density at radius 3 is 2.72 bits per heavy atom. The molecule has 8 nitrogen and oxygen atoms in total. The Kier molecular flexibility index (Phi) is 5.89. The maximum absolute atomic E-state index is 12.1. The number of aliphatic hydroxyl groups is 1. The topological polar surface area (TPSA) is 105 Å². The highest BCUT2D eigenvalue weighted by molar-refractivity contribution is 9.10. The Morgan fingerprint density at radius 1 is 1.48 bits per heavy atom. The van der Waals surface area contributed by atoms with Crippen LogP contribution in [0, 0.1) is 10.1 Å². The number of nitro benzene ring substituents is 1. The van der Waals surface area contributed by atoms with E-state index >= 15 is 0 Å². The van der Waals surface area contributed by atoms with Gasteiger partial charge < -0.3 is 20.1 Å². The molecule has 1 amide bonds. The number of hydrogen-bond acceptors (Lipinski definition) is 6. The van der Waals surface area contributed by atoms with Gasteiger partial charge in [-0.15, -0.1) is 0 Å². The van der Waals surface area contributed by atoms with Gasteiger partial charge in [-0.2, -0.15) is 0 Å². The molecule has 0 spiro atoms. The van der Waals surface area contributed by atoms with E-state index in [0.717, 1.165) is 0 Å². The van der Waals surface area contributed by atoms with E-state index in [9.17, 15) is 20.0 Å². The summed E-state index contributed by atoms with van der Waals surface area (Å²) in [5.41, 5.74) is -0.355. The Bertz CT molecular complexity index is 662. The SMILES string of the molecule is CC(C)(C)OC(=O)N1CCC(Nc2cccc(Br)c2[N+](=O)[O-])C(O)C1. The molecule has 0 bridgehead atoms. The molecular formula is C16H22BrN3O5. The fourth-order valence-electron chi connectivity index (χ4n) is 2.61. The van der Waals surface area contributed by atoms with Crippen LogP contribution < -0.4 is 5.32 Å². The van der Waals surface area contributed by atoms with Crippen molar-refractivity contribution in [1.29, 1.82) is 0 Å². The van der Waals surface area contributed by atoms with Gasteiger partial charge in [0, 0.05) is 6.54 Å². The molecule has 0 saturated carbocycles. The number of carbonyl (C=O) groups is 1. The fourth-order valence-corrected chi connectivity index (χ4v) is 3.12. The van der Waals surface area contributed by atoms with Crippen LogP contribution in [0.4, 0.5) is 16.2 Å². The number of benzene rings is 1. The van der Waals surface area contributed by atoms with Crippen molar-refractivity contribution < 1.29 is 19.6 Å². The molecule has 2 rings (SSSR count). The van der Waals surface area contributed by atoms with Gasteiger partial charge in [-0.05, 0) is 55.3 Å². The van der Waals surface area contributed by atoms with E-state index < -0.39 is 28.8 Å². The number of β-amino-alcohol motifs (C(OH)–C–C–N with tert-alkyl or cyclic N) is 1. The third-order valence-corrected chi connectivity index (χ3v) is 4.38. The highest BCUT2D eigenvalue weighted by Crippen LogP contribution is 2.34. The molecule has 9 heteroatoms. The Hall–Kier alpha value is -1.87. The van der Waals surface area contributed by atoms with Crippen LogP contribution in [0.15, 0.2) is 22.7 Å². The van der Waals surface area contributed by atoms with Crippen molar-refractivity contribution in [3.63, 3.8) is 0 Å². The molecule has 1 aromatic carbocycles. The molecule has 1 aromatic rings. The Labute approximate surface area is 154 Å². The minimum atomic E-state index is -0.861. The van der Waals surface area contributed by atoms with E-state index in [-0.39, 0.29) is 12.2 Å². The van der Waals surface area contributed by atoms with Gasteiger partial charge in [0.05, 0.1) is 28.1 Å². The number of likely N-dealkylation sites (tertiary alicyclic amines) is 1. The van der Waals surface area contributed by atoms with E-state index in [1.807, 2.05) is 0 Å². The third-order valence-electron chi connectivity index (χ3n) is 3.74. The lowest BCUT2D eigenvalue weighted by Gasteiger charge is -2.37. The minimum Gasteiger partial charge on any atom is -0.444 e. The first-order chi connectivity index (χ1) is 11.6. The summed E-state index contributed by atoms with van der Waals surface area (Å²) in [6, 6.07) is 4.47. The normalized spacial score (nSPS) is 20.9. The lowest BCUT2D eigenvalue weighted by molar-refractivity contribution is -0.384. The zero-order valence-electron chi connectivity index (χ0n) is 14.4. The number of ether oxygens (including phenoxy) is 1. The van der Waals surface area contributed by atoms with Gasteiger partial charge in [-0.1, -0.05) is 6.07 Å². The van der Waals surface area contributed by atoms with E-state index in [1.165, 1.54) is 4.90 Å². The number of nitro groups is 1. The van der Waals surface area contributed by atoms with E-state index in [4.69, 9.17) is 4.74 Å². The number of nitrogens with one attached hydrogen (secondary N) is 1. The standard InChI is InChI=1S/C16H22BrN3O5/c1-16(2,3)25-15(22)19-8-7-11(13(21)9-19)18-12-6-4-5-10(17)14(12)20(23)24/h4-6,11,13,18,21H,7-9H2,1-3H3. The van der Waals surface area contributed by atoms with Crippen molar-refractivity contribution in [2.45, 2.75) is 44.9 Å². The van der Waals surface area contributed by atoms with Crippen molar-refractivity contribution in [1.82, 2.24) is 4.90 Å². The maximum atomic E-state index is 12.1. The molecule has 2 unspecified atom stereocenters. The summed E-state index contributed by atoms with van der Waals surface area (Å²) in [5, 5.41) is 24.6. The molecule has 138 valence electrons. The monoisotopic (exact) mass is 415 g/mol. The second-order valence-corrected chi connectivity index (χ2v) is 7.78. The zero-order valence-corrected chi connectivity index (χ0v) is 15.9. The first kappa shape index (κ1) is 19.5. The highest BCUT2D eigenvalue weighted by Gasteiger charge is 2.33. The fraction of sp³-hybridized carbons (Fsp3) is 0.562. The molecule has 0 radical (unpaired) electrons. The van der Waals surface area contributed by atoms with Crippen LogP contribution >= 0.6 is 15.9 Å². The molecule has 1 fully saturated rings. The van der Waals surface area contributed by atoms with Gasteiger partial charge in [0.1, 0.15) is 11.3 Å². The van der Waals surface area contributed by atoms with Crippen molar-refractivity contribution in [2.75, 3.05) is 18.4 Å². The van der Waals surface area contributed by atoms with Crippen LogP contribution in [-0.4, -0.2) is 51.9 Å². The Morgan fingerprint density at radius 2 is 2.16 bits per heavy atom. The van der Waals surface area contributed by atoms with Crippen LogP contribution in [0.3, 0.4) is 0 Å². The van der Waals surface area contributed by atoms with Crippen LogP contribution in [0.25, 0.3) is 0 Å². The summed E-state index contributed by atoms with van der Waals surface area (Å²) in [6.07, 6.45) is -0.886. The highest BCUT2D eigenvalue weighted by atomic mass is 79.9. The number of amides is 1. The lowest BCUT2D eigenvalue weighted by atomic mass is 10.0. The molecule has 25 heavy (non-hydrogen) atoms. The smallest absolute Gasteiger partial charge is 0.410 e. The van der Waals surface area contributed by atoms with Crippen molar-refractivity contribution >= 4 is 33.4 Å². The van der Waals surface area contributed by atoms with Crippen LogP contribution in [0.1, 0.15) is 27.2 Å². The molecule has 1 aliphatic heterocycles. The Balaban J connectivity index is 2.05. The van der Waals surface area contributed by atoms with Crippen LogP contribution in [0.5, 0.6) is 0 Å². The molecule has 1 saturated heterocycles. The molecule has 1 heterocycles. The van der Waals surface area contributed by atoms with Gasteiger partial charge >= 0.3 is 11.8 Å². The molecule has 2 N–H and O–H groups in total. The average molecular weight is 416 g/mol. The number of para-hydroxylation sites is 1. The third kappa shape index (κ3) is 5.05. The summed E-state index contributed by atoms with van der Waals surface area (Å²) in [4.78, 5) is 24.3. The number of piperidine rings is 1. The van der Waals surface area contributed by atoms with Gasteiger partial charge in [0.15, 0.2) is 0 Å². The van der Waals surface area contributed by atoms with E-state index in [1.54, 1.807) is 39.0 Å². The first-order valence-electron chi connectivity index (χ1n) is 7.94. The van der Waals surface area contributed by atoms with Crippen LogP contribution in [-0.2, 0) is 4.74 Å². The lowest BCUT2D eigenvalue weighted by Crippen LogP contribution is -2.52. The second-order valence-electron chi connectivity index (χ2n) is 6.93. The predicted molar refractivity (Wildman–Crippen MR) is 96.6 cm³/mol. The maximum Gasteiger partial charge on any atom is 0.410 e. The van der Waals surface area contributed by atoms with Crippen LogP contribution in [0.2, 0.25) is 0 Å². The molecule has 2 atom stereocenters. The van der Waals surface area contributed by atoms with Gasteiger partial charge in [-0.3, -0.25) is 10.1 Å². The molecule has 0 aliphatic carbocycles. The van der Waals surface area contributed by atoms with Crippen molar-refractivity contribution in [3.05, 3.63) is 32.8 Å². The number of carbonyl (C=O) groups excluding carboxylic acids is 1.